The molecule has 6 heteroatoms. The van der Waals surface area contributed by atoms with Crippen LogP contribution in [-0.4, -0.2) is 64.0 Å². The molecule has 0 aliphatic carbocycles. The molecule has 1 unspecified atom stereocenters. The number of hydrogen-bond acceptors (Lipinski definition) is 4. The Bertz CT molecular complexity index is 561. The summed E-state index contributed by atoms with van der Waals surface area (Å²) >= 11 is 0. The van der Waals surface area contributed by atoms with Gasteiger partial charge in [-0.1, -0.05) is 6.42 Å². The van der Waals surface area contributed by atoms with Crippen molar-refractivity contribution < 1.29 is 14.7 Å². The molecule has 2 saturated heterocycles. The molecule has 3 rings (SSSR count). The van der Waals surface area contributed by atoms with Crippen molar-refractivity contribution in [3.8, 4) is 0 Å². The zero-order valence-electron chi connectivity index (χ0n) is 11.9. The number of pyridine rings is 1. The van der Waals surface area contributed by atoms with E-state index in [1.54, 1.807) is 11.0 Å². The van der Waals surface area contributed by atoms with E-state index in [4.69, 9.17) is 0 Å². The number of hydrogen-bond donors (Lipinski definition) is 1. The first-order chi connectivity index (χ1) is 10.2. The van der Waals surface area contributed by atoms with Crippen molar-refractivity contribution in [2.24, 2.45) is 0 Å². The van der Waals surface area contributed by atoms with E-state index in [0.717, 1.165) is 19.5 Å². The van der Waals surface area contributed by atoms with Crippen molar-refractivity contribution in [1.29, 1.82) is 0 Å². The lowest BCUT2D eigenvalue weighted by atomic mass is 9.99. The number of piperidine rings is 1. The molecule has 1 N–H and O–H groups in total. The standard InChI is InChI=1S/C15H19N3O3/c19-14(13-12(15(20)21)5-3-6-16-13)18-9-8-17-7-2-1-4-11(17)10-18/h3,5-6,11H,1-2,4,7-10H2,(H,20,21). The smallest absolute Gasteiger partial charge is 0.338 e. The van der Waals surface area contributed by atoms with Gasteiger partial charge in [-0.3, -0.25) is 14.7 Å². The summed E-state index contributed by atoms with van der Waals surface area (Å²) in [6.07, 6.45) is 5.01. The van der Waals surface area contributed by atoms with Gasteiger partial charge in [-0.25, -0.2) is 4.79 Å². The lowest BCUT2D eigenvalue weighted by Gasteiger charge is -2.43. The molecular formula is C15H19N3O3. The SMILES string of the molecule is O=C(O)c1cccnc1C(=O)N1CCN2CCCCC2C1. The van der Waals surface area contributed by atoms with Gasteiger partial charge in [0.15, 0.2) is 0 Å². The number of aromatic carboxylic acids is 1. The summed E-state index contributed by atoms with van der Waals surface area (Å²) < 4.78 is 0. The van der Waals surface area contributed by atoms with E-state index in [9.17, 15) is 14.7 Å². The van der Waals surface area contributed by atoms with Crippen LogP contribution in [0.4, 0.5) is 0 Å². The monoisotopic (exact) mass is 289 g/mol. The summed E-state index contributed by atoms with van der Waals surface area (Å²) in [5.74, 6) is -1.37. The van der Waals surface area contributed by atoms with Gasteiger partial charge in [-0.15, -0.1) is 0 Å². The summed E-state index contributed by atoms with van der Waals surface area (Å²) in [6, 6.07) is 3.38. The molecule has 1 aromatic heterocycles. The van der Waals surface area contributed by atoms with Crippen molar-refractivity contribution in [3.63, 3.8) is 0 Å². The number of rotatable bonds is 2. The molecule has 112 valence electrons. The van der Waals surface area contributed by atoms with Crippen LogP contribution in [0, 0.1) is 0 Å². The molecular weight excluding hydrogens is 270 g/mol. The maximum Gasteiger partial charge on any atom is 0.338 e. The van der Waals surface area contributed by atoms with E-state index in [1.165, 1.54) is 25.1 Å². The minimum Gasteiger partial charge on any atom is -0.478 e. The zero-order valence-corrected chi connectivity index (χ0v) is 11.9. The Hall–Kier alpha value is -1.95. The highest BCUT2D eigenvalue weighted by Gasteiger charge is 2.32. The molecule has 21 heavy (non-hydrogen) atoms. The second-order valence-corrected chi connectivity index (χ2v) is 5.64. The predicted octanol–water partition coefficient (Wildman–Crippen LogP) is 1.09. The van der Waals surface area contributed by atoms with Crippen LogP contribution >= 0.6 is 0 Å². The predicted molar refractivity (Wildman–Crippen MR) is 76.3 cm³/mol. The van der Waals surface area contributed by atoms with Crippen molar-refractivity contribution in [2.75, 3.05) is 26.2 Å². The zero-order chi connectivity index (χ0) is 14.8. The minimum atomic E-state index is -1.11. The summed E-state index contributed by atoms with van der Waals surface area (Å²) in [5.41, 5.74) is 0.0304. The highest BCUT2D eigenvalue weighted by atomic mass is 16.4. The molecule has 2 fully saturated rings. The van der Waals surface area contributed by atoms with E-state index in [2.05, 4.69) is 9.88 Å². The first-order valence-corrected chi connectivity index (χ1v) is 7.38. The molecule has 0 radical (unpaired) electrons. The van der Waals surface area contributed by atoms with Gasteiger partial charge in [0.25, 0.3) is 5.91 Å². The number of nitrogens with zero attached hydrogens (tertiary/aromatic N) is 3. The van der Waals surface area contributed by atoms with E-state index < -0.39 is 5.97 Å². The Balaban J connectivity index is 1.78. The van der Waals surface area contributed by atoms with E-state index in [0.29, 0.717) is 19.1 Å². The molecule has 6 nitrogen and oxygen atoms in total. The number of piperazine rings is 1. The van der Waals surface area contributed by atoms with Gasteiger partial charge in [0.1, 0.15) is 5.69 Å². The number of amides is 1. The van der Waals surface area contributed by atoms with Crippen LogP contribution in [0.2, 0.25) is 0 Å². The highest BCUT2D eigenvalue weighted by molar-refractivity contribution is 6.03. The largest absolute Gasteiger partial charge is 0.478 e. The molecule has 1 amide bonds. The van der Waals surface area contributed by atoms with Crippen LogP contribution in [0.1, 0.15) is 40.1 Å². The van der Waals surface area contributed by atoms with Crippen molar-refractivity contribution in [3.05, 3.63) is 29.6 Å². The van der Waals surface area contributed by atoms with Gasteiger partial charge in [0.2, 0.25) is 0 Å². The maximum absolute atomic E-state index is 12.6. The first kappa shape index (κ1) is 14.0. The third kappa shape index (κ3) is 2.76. The van der Waals surface area contributed by atoms with Gasteiger partial charge < -0.3 is 10.0 Å². The Kier molecular flexibility index (Phi) is 3.88. The number of carboxylic acid groups (broad SMARTS) is 1. The molecule has 0 saturated carbocycles. The topological polar surface area (TPSA) is 73.7 Å². The van der Waals surface area contributed by atoms with Crippen LogP contribution in [0.15, 0.2) is 18.3 Å². The quantitative estimate of drug-likeness (QED) is 0.882. The van der Waals surface area contributed by atoms with Gasteiger partial charge in [0, 0.05) is 31.9 Å². The second-order valence-electron chi connectivity index (χ2n) is 5.64. The Morgan fingerprint density at radius 3 is 2.90 bits per heavy atom. The van der Waals surface area contributed by atoms with Crippen LogP contribution in [0.5, 0.6) is 0 Å². The summed E-state index contributed by atoms with van der Waals surface area (Å²) in [5, 5.41) is 9.18. The molecule has 3 heterocycles. The molecule has 1 atom stereocenters. The second kappa shape index (κ2) is 5.81. The van der Waals surface area contributed by atoms with Gasteiger partial charge in [-0.2, -0.15) is 0 Å². The fourth-order valence-electron chi connectivity index (χ4n) is 3.24. The molecule has 2 aliphatic rings. The highest BCUT2D eigenvalue weighted by Crippen LogP contribution is 2.22. The average molecular weight is 289 g/mol. The number of carboxylic acids is 1. The third-order valence-corrected chi connectivity index (χ3v) is 4.37. The average Bonchev–Trinajstić information content (AvgIpc) is 2.53. The molecule has 0 aromatic carbocycles. The van der Waals surface area contributed by atoms with E-state index in [1.807, 2.05) is 0 Å². The van der Waals surface area contributed by atoms with Crippen LogP contribution < -0.4 is 0 Å². The summed E-state index contributed by atoms with van der Waals surface area (Å²) in [4.78, 5) is 32.0. The third-order valence-electron chi connectivity index (χ3n) is 4.37. The molecule has 0 bridgehead atoms. The maximum atomic E-state index is 12.6. The van der Waals surface area contributed by atoms with Crippen molar-refractivity contribution in [2.45, 2.75) is 25.3 Å². The van der Waals surface area contributed by atoms with Gasteiger partial charge in [-0.05, 0) is 31.5 Å². The van der Waals surface area contributed by atoms with Crippen LogP contribution in [-0.2, 0) is 0 Å². The van der Waals surface area contributed by atoms with E-state index >= 15 is 0 Å². The molecule has 2 aliphatic heterocycles. The van der Waals surface area contributed by atoms with Gasteiger partial charge >= 0.3 is 5.97 Å². The Morgan fingerprint density at radius 1 is 1.24 bits per heavy atom. The van der Waals surface area contributed by atoms with Crippen molar-refractivity contribution in [1.82, 2.24) is 14.8 Å². The Labute approximate surface area is 123 Å². The fraction of sp³-hybridized carbons (Fsp3) is 0.533. The van der Waals surface area contributed by atoms with E-state index in [-0.39, 0.29) is 17.2 Å². The molecule has 1 aromatic rings. The fourth-order valence-corrected chi connectivity index (χ4v) is 3.24. The van der Waals surface area contributed by atoms with Crippen molar-refractivity contribution >= 4 is 11.9 Å². The normalized spacial score (nSPS) is 22.7. The first-order valence-electron chi connectivity index (χ1n) is 7.38. The minimum absolute atomic E-state index is 0.0198. The Morgan fingerprint density at radius 2 is 2.10 bits per heavy atom. The molecule has 0 spiro atoms. The van der Waals surface area contributed by atoms with Crippen LogP contribution in [0.3, 0.4) is 0 Å². The summed E-state index contributed by atoms with van der Waals surface area (Å²) in [7, 11) is 0. The lowest BCUT2D eigenvalue weighted by Crippen LogP contribution is -2.56. The summed E-state index contributed by atoms with van der Waals surface area (Å²) in [6.45, 7) is 3.29. The number of fused-ring (bicyclic) bond motifs is 1. The lowest BCUT2D eigenvalue weighted by molar-refractivity contribution is 0.0364. The van der Waals surface area contributed by atoms with Crippen LogP contribution in [0.25, 0.3) is 0 Å². The number of carbonyl (C=O) groups is 2. The number of aromatic nitrogens is 1. The van der Waals surface area contributed by atoms with Gasteiger partial charge in [0.05, 0.1) is 5.56 Å². The number of carbonyl (C=O) groups excluding carboxylic acids is 1.